The Balaban J connectivity index is 4.14. The predicted octanol–water partition coefficient (Wildman–Crippen LogP) is -1.45. The van der Waals surface area contributed by atoms with Crippen molar-refractivity contribution in [3.05, 3.63) is 0 Å². The highest BCUT2D eigenvalue weighted by Gasteiger charge is 2.20. The minimum atomic E-state index is -3.49. The van der Waals surface area contributed by atoms with Crippen LogP contribution < -0.4 is 5.73 Å². The molecule has 1 atom stereocenters. The van der Waals surface area contributed by atoms with E-state index in [1.165, 1.54) is 7.11 Å². The van der Waals surface area contributed by atoms with Crippen LogP contribution in [0.15, 0.2) is 0 Å². The molecular weight excluding hydrogens is 210 g/mol. The number of nitrogens with two attached hydrogens (primary N) is 1. The van der Waals surface area contributed by atoms with Crippen LogP contribution in [-0.4, -0.2) is 52.8 Å². The van der Waals surface area contributed by atoms with Gasteiger partial charge in [-0.2, -0.15) is 0 Å². The summed E-state index contributed by atoms with van der Waals surface area (Å²) in [6, 6.07) is -0.616. The molecule has 0 aliphatic carbocycles. The number of hydrogen-bond donors (Lipinski definition) is 1. The van der Waals surface area contributed by atoms with Gasteiger partial charge in [0.05, 0.1) is 19.5 Å². The van der Waals surface area contributed by atoms with Crippen LogP contribution in [-0.2, 0) is 24.1 Å². The van der Waals surface area contributed by atoms with E-state index in [4.69, 9.17) is 5.73 Å². The lowest BCUT2D eigenvalue weighted by Crippen LogP contribution is -2.36. The summed E-state index contributed by atoms with van der Waals surface area (Å²) >= 11 is 0. The molecule has 7 heteroatoms. The van der Waals surface area contributed by atoms with Crippen LogP contribution in [0.5, 0.6) is 0 Å². The minimum Gasteiger partial charge on any atom is -0.468 e. The Morgan fingerprint density at radius 3 is 2.43 bits per heavy atom. The van der Waals surface area contributed by atoms with Crippen LogP contribution in [0.25, 0.3) is 0 Å². The number of methoxy groups -OCH3 is 2. The first-order valence-corrected chi connectivity index (χ1v) is 5.75. The molecule has 0 spiro atoms. The molecule has 84 valence electrons. The van der Waals surface area contributed by atoms with Crippen LogP contribution in [0.1, 0.15) is 0 Å². The zero-order valence-electron chi connectivity index (χ0n) is 8.23. The standard InChI is InChI=1S/C7H15NO5S/c1-12-3-6(8)4-14(10,11)5-7(9)13-2/h6H,3-5,8H2,1-2H3. The summed E-state index contributed by atoms with van der Waals surface area (Å²) in [6.07, 6.45) is 0. The molecule has 0 fully saturated rings. The fourth-order valence-electron chi connectivity index (χ4n) is 0.886. The van der Waals surface area contributed by atoms with Gasteiger partial charge in [-0.3, -0.25) is 4.79 Å². The third-order valence-corrected chi connectivity index (χ3v) is 3.03. The van der Waals surface area contributed by atoms with E-state index >= 15 is 0 Å². The largest absolute Gasteiger partial charge is 0.468 e. The van der Waals surface area contributed by atoms with Crippen LogP contribution in [0.3, 0.4) is 0 Å². The number of carbonyl (C=O) groups is 1. The maximum atomic E-state index is 11.2. The fraction of sp³-hybridized carbons (Fsp3) is 0.857. The van der Waals surface area contributed by atoms with Gasteiger partial charge in [-0.1, -0.05) is 0 Å². The SMILES string of the molecule is COCC(N)CS(=O)(=O)CC(=O)OC. The zero-order valence-corrected chi connectivity index (χ0v) is 9.04. The highest BCUT2D eigenvalue weighted by molar-refractivity contribution is 7.92. The van der Waals surface area contributed by atoms with E-state index in [1.54, 1.807) is 0 Å². The maximum Gasteiger partial charge on any atom is 0.320 e. The number of rotatable bonds is 6. The van der Waals surface area contributed by atoms with Crippen molar-refractivity contribution in [3.8, 4) is 0 Å². The summed E-state index contributed by atoms with van der Waals surface area (Å²) < 4.78 is 31.4. The molecule has 0 saturated carbocycles. The zero-order chi connectivity index (χ0) is 11.2. The Bertz CT molecular complexity index is 274. The van der Waals surface area contributed by atoms with Crippen molar-refractivity contribution >= 4 is 15.8 Å². The molecule has 0 amide bonds. The lowest BCUT2D eigenvalue weighted by Gasteiger charge is -2.09. The summed E-state index contributed by atoms with van der Waals surface area (Å²) in [5.41, 5.74) is 5.43. The van der Waals surface area contributed by atoms with Crippen molar-refractivity contribution in [2.24, 2.45) is 5.73 Å². The van der Waals surface area contributed by atoms with E-state index in [-0.39, 0.29) is 12.4 Å². The number of hydrogen-bond acceptors (Lipinski definition) is 6. The van der Waals surface area contributed by atoms with Gasteiger partial charge in [-0.05, 0) is 0 Å². The summed E-state index contributed by atoms with van der Waals surface area (Å²) in [4.78, 5) is 10.7. The van der Waals surface area contributed by atoms with Gasteiger partial charge in [0.2, 0.25) is 0 Å². The van der Waals surface area contributed by atoms with Gasteiger partial charge in [0.15, 0.2) is 9.84 Å². The van der Waals surface area contributed by atoms with Crippen LogP contribution in [0.2, 0.25) is 0 Å². The number of carbonyl (C=O) groups excluding carboxylic acids is 1. The van der Waals surface area contributed by atoms with Crippen LogP contribution >= 0.6 is 0 Å². The first-order valence-electron chi connectivity index (χ1n) is 3.93. The second-order valence-corrected chi connectivity index (χ2v) is 4.96. The molecule has 0 aromatic carbocycles. The second-order valence-electron chi connectivity index (χ2n) is 2.85. The van der Waals surface area contributed by atoms with E-state index in [0.29, 0.717) is 0 Å². The maximum absolute atomic E-state index is 11.2. The molecular formula is C7H15NO5S. The Morgan fingerprint density at radius 2 is 2.00 bits per heavy atom. The number of ether oxygens (including phenoxy) is 2. The van der Waals surface area contributed by atoms with Crippen molar-refractivity contribution in [3.63, 3.8) is 0 Å². The quantitative estimate of drug-likeness (QED) is 0.555. The first kappa shape index (κ1) is 13.3. The third kappa shape index (κ3) is 5.90. The molecule has 0 radical (unpaired) electrons. The van der Waals surface area contributed by atoms with Crippen molar-refractivity contribution in [1.82, 2.24) is 0 Å². The molecule has 0 saturated heterocycles. The normalized spacial score (nSPS) is 13.6. The van der Waals surface area contributed by atoms with Crippen LogP contribution in [0.4, 0.5) is 0 Å². The molecule has 0 bridgehead atoms. The van der Waals surface area contributed by atoms with Gasteiger partial charge in [0, 0.05) is 13.2 Å². The Morgan fingerprint density at radius 1 is 1.43 bits per heavy atom. The molecule has 0 aromatic heterocycles. The molecule has 1 unspecified atom stereocenters. The van der Waals surface area contributed by atoms with Crippen molar-refractivity contribution < 1.29 is 22.7 Å². The van der Waals surface area contributed by atoms with Gasteiger partial charge >= 0.3 is 5.97 Å². The highest BCUT2D eigenvalue weighted by atomic mass is 32.2. The third-order valence-electron chi connectivity index (χ3n) is 1.41. The van der Waals surface area contributed by atoms with Gasteiger partial charge in [0.1, 0.15) is 5.75 Å². The fourth-order valence-corrected chi connectivity index (χ4v) is 2.23. The van der Waals surface area contributed by atoms with E-state index in [9.17, 15) is 13.2 Å². The Kier molecular flexibility index (Phi) is 5.66. The summed E-state index contributed by atoms with van der Waals surface area (Å²) in [6.45, 7) is 0.139. The molecule has 0 aliphatic heterocycles. The van der Waals surface area contributed by atoms with Crippen molar-refractivity contribution in [2.45, 2.75) is 6.04 Å². The number of sulfone groups is 1. The molecule has 2 N–H and O–H groups in total. The molecule has 14 heavy (non-hydrogen) atoms. The molecule has 0 rings (SSSR count). The average molecular weight is 225 g/mol. The average Bonchev–Trinajstić information content (AvgIpc) is 2.02. The van der Waals surface area contributed by atoms with Gasteiger partial charge in [-0.25, -0.2) is 8.42 Å². The minimum absolute atomic E-state index is 0.139. The molecule has 0 aromatic rings. The van der Waals surface area contributed by atoms with E-state index in [2.05, 4.69) is 9.47 Å². The first-order chi connectivity index (χ1) is 6.41. The Hall–Kier alpha value is -0.660. The summed E-state index contributed by atoms with van der Waals surface area (Å²) in [5.74, 6) is -1.70. The smallest absolute Gasteiger partial charge is 0.320 e. The molecule has 6 nitrogen and oxygen atoms in total. The van der Waals surface area contributed by atoms with Gasteiger partial charge in [-0.15, -0.1) is 0 Å². The van der Waals surface area contributed by atoms with Gasteiger partial charge < -0.3 is 15.2 Å². The summed E-state index contributed by atoms with van der Waals surface area (Å²) in [7, 11) is -0.939. The monoisotopic (exact) mass is 225 g/mol. The van der Waals surface area contributed by atoms with Crippen molar-refractivity contribution in [2.75, 3.05) is 32.3 Å². The second kappa shape index (κ2) is 5.94. The van der Waals surface area contributed by atoms with E-state index in [1.807, 2.05) is 0 Å². The number of esters is 1. The van der Waals surface area contributed by atoms with E-state index in [0.717, 1.165) is 7.11 Å². The predicted molar refractivity (Wildman–Crippen MR) is 50.5 cm³/mol. The van der Waals surface area contributed by atoms with E-state index < -0.39 is 27.6 Å². The lowest BCUT2D eigenvalue weighted by atomic mass is 10.4. The van der Waals surface area contributed by atoms with Crippen molar-refractivity contribution in [1.29, 1.82) is 0 Å². The lowest BCUT2D eigenvalue weighted by molar-refractivity contribution is -0.137. The van der Waals surface area contributed by atoms with Gasteiger partial charge in [0.25, 0.3) is 0 Å². The Labute approximate surface area is 83.3 Å². The topological polar surface area (TPSA) is 95.7 Å². The summed E-state index contributed by atoms with van der Waals surface area (Å²) in [5, 5.41) is 0. The highest BCUT2D eigenvalue weighted by Crippen LogP contribution is 1.95. The molecule has 0 heterocycles. The molecule has 0 aliphatic rings. The van der Waals surface area contributed by atoms with Crippen LogP contribution in [0, 0.1) is 0 Å².